The fourth-order valence-corrected chi connectivity index (χ4v) is 1.57. The summed E-state index contributed by atoms with van der Waals surface area (Å²) >= 11 is 21.8. The van der Waals surface area contributed by atoms with Crippen molar-refractivity contribution in [3.8, 4) is 0 Å². The van der Waals surface area contributed by atoms with Crippen molar-refractivity contribution in [1.82, 2.24) is 0 Å². The van der Waals surface area contributed by atoms with Crippen molar-refractivity contribution in [2.75, 3.05) is 0 Å². The van der Waals surface area contributed by atoms with E-state index in [0.717, 1.165) is 0 Å². The molecule has 0 saturated heterocycles. The number of carbonyl (C=O) groups excluding carboxylic acids is 2. The number of rotatable bonds is 2. The van der Waals surface area contributed by atoms with Gasteiger partial charge in [-0.1, -0.05) is 23.2 Å². The molecule has 0 aromatic heterocycles. The Balaban J connectivity index is 3.43. The van der Waals surface area contributed by atoms with E-state index in [1.165, 1.54) is 12.1 Å². The van der Waals surface area contributed by atoms with Crippen LogP contribution in [0.5, 0.6) is 0 Å². The van der Waals surface area contributed by atoms with Crippen LogP contribution >= 0.6 is 46.4 Å². The molecule has 0 aliphatic heterocycles. The van der Waals surface area contributed by atoms with Crippen molar-refractivity contribution >= 4 is 56.9 Å². The van der Waals surface area contributed by atoms with Crippen LogP contribution in [-0.2, 0) is 0 Å². The van der Waals surface area contributed by atoms with Crippen molar-refractivity contribution in [2.45, 2.75) is 0 Å². The van der Waals surface area contributed by atoms with Gasteiger partial charge in [0.25, 0.3) is 10.5 Å². The molecule has 0 fully saturated rings. The maximum atomic E-state index is 10.9. The van der Waals surface area contributed by atoms with Gasteiger partial charge in [0, 0.05) is 5.56 Å². The van der Waals surface area contributed by atoms with E-state index in [1.807, 2.05) is 0 Å². The van der Waals surface area contributed by atoms with E-state index in [1.54, 1.807) is 0 Å². The predicted molar refractivity (Wildman–Crippen MR) is 56.8 cm³/mol. The Morgan fingerprint density at radius 3 is 2.00 bits per heavy atom. The van der Waals surface area contributed by atoms with Gasteiger partial charge in [0.2, 0.25) is 0 Å². The highest BCUT2D eigenvalue weighted by Crippen LogP contribution is 2.29. The number of benzene rings is 1. The molecule has 74 valence electrons. The zero-order valence-corrected chi connectivity index (χ0v) is 9.51. The summed E-state index contributed by atoms with van der Waals surface area (Å²) in [6, 6.07) is 2.46. The molecule has 0 atom stereocenters. The third kappa shape index (κ3) is 2.39. The Bertz CT molecular complexity index is 414. The van der Waals surface area contributed by atoms with E-state index in [2.05, 4.69) is 0 Å². The summed E-state index contributed by atoms with van der Waals surface area (Å²) in [6.07, 6.45) is 0. The first-order valence-corrected chi connectivity index (χ1v) is 4.83. The third-order valence-corrected chi connectivity index (χ3v) is 2.69. The molecule has 6 heteroatoms. The zero-order chi connectivity index (χ0) is 10.9. The van der Waals surface area contributed by atoms with Gasteiger partial charge in [0.15, 0.2) is 0 Å². The Morgan fingerprint density at radius 1 is 1.00 bits per heavy atom. The van der Waals surface area contributed by atoms with Gasteiger partial charge in [-0.05, 0) is 35.3 Å². The lowest BCUT2D eigenvalue weighted by molar-refractivity contribution is 0.108. The van der Waals surface area contributed by atoms with Crippen LogP contribution in [0.4, 0.5) is 0 Å². The minimum Gasteiger partial charge on any atom is -0.276 e. The normalized spacial score (nSPS) is 10.0. The van der Waals surface area contributed by atoms with E-state index in [0.29, 0.717) is 0 Å². The Hall–Kier alpha value is -0.280. The molecule has 14 heavy (non-hydrogen) atoms. The molecule has 0 saturated carbocycles. The molecule has 0 N–H and O–H groups in total. The van der Waals surface area contributed by atoms with E-state index in [4.69, 9.17) is 46.4 Å². The average Bonchev–Trinajstić information content (AvgIpc) is 2.08. The summed E-state index contributed by atoms with van der Waals surface area (Å²) in [4.78, 5) is 21.7. The summed E-state index contributed by atoms with van der Waals surface area (Å²) in [6.45, 7) is 0. The predicted octanol–water partition coefficient (Wildman–Crippen LogP) is 3.75. The lowest BCUT2D eigenvalue weighted by Crippen LogP contribution is -1.96. The SMILES string of the molecule is O=C(Cl)c1cc(Cl)c(Cl)c(C(=O)Cl)c1. The molecule has 0 aliphatic carbocycles. The van der Waals surface area contributed by atoms with Gasteiger partial charge in [-0.15, -0.1) is 0 Å². The summed E-state index contributed by atoms with van der Waals surface area (Å²) < 4.78 is 0. The Kier molecular flexibility index (Phi) is 3.78. The van der Waals surface area contributed by atoms with Crippen LogP contribution in [-0.4, -0.2) is 10.5 Å². The summed E-state index contributed by atoms with van der Waals surface area (Å²) in [5.74, 6) is 0. The first-order chi connectivity index (χ1) is 6.43. The fraction of sp³-hybridized carbons (Fsp3) is 0. The van der Waals surface area contributed by atoms with E-state index < -0.39 is 10.5 Å². The number of carbonyl (C=O) groups is 2. The second-order valence-electron chi connectivity index (χ2n) is 2.37. The molecule has 2 nitrogen and oxygen atoms in total. The van der Waals surface area contributed by atoms with Crippen LogP contribution in [0.3, 0.4) is 0 Å². The van der Waals surface area contributed by atoms with Crippen LogP contribution in [0.15, 0.2) is 12.1 Å². The quantitative estimate of drug-likeness (QED) is 0.768. The second-order valence-corrected chi connectivity index (χ2v) is 3.84. The lowest BCUT2D eigenvalue weighted by atomic mass is 10.1. The van der Waals surface area contributed by atoms with Crippen LogP contribution in [0.1, 0.15) is 20.7 Å². The minimum absolute atomic E-state index is 0.00772. The van der Waals surface area contributed by atoms with E-state index >= 15 is 0 Å². The average molecular weight is 272 g/mol. The molecule has 0 aliphatic rings. The van der Waals surface area contributed by atoms with Crippen molar-refractivity contribution in [1.29, 1.82) is 0 Å². The van der Waals surface area contributed by atoms with Gasteiger partial charge in [-0.2, -0.15) is 0 Å². The van der Waals surface area contributed by atoms with Crippen molar-refractivity contribution in [3.63, 3.8) is 0 Å². The van der Waals surface area contributed by atoms with Crippen molar-refractivity contribution in [2.24, 2.45) is 0 Å². The molecule has 0 spiro atoms. The van der Waals surface area contributed by atoms with Crippen LogP contribution in [0.2, 0.25) is 10.0 Å². The largest absolute Gasteiger partial charge is 0.276 e. The van der Waals surface area contributed by atoms with E-state index in [-0.39, 0.29) is 21.2 Å². The highest BCUT2D eigenvalue weighted by Gasteiger charge is 2.15. The fourth-order valence-electron chi connectivity index (χ4n) is 0.846. The van der Waals surface area contributed by atoms with Crippen molar-refractivity contribution < 1.29 is 9.59 Å². The highest BCUT2D eigenvalue weighted by atomic mass is 35.5. The van der Waals surface area contributed by atoms with Gasteiger partial charge >= 0.3 is 0 Å². The summed E-state index contributed by atoms with van der Waals surface area (Å²) in [5, 5.41) is -1.46. The molecule has 0 amide bonds. The molecule has 1 rings (SSSR count). The van der Waals surface area contributed by atoms with Crippen LogP contribution in [0, 0.1) is 0 Å². The molecule has 0 radical (unpaired) electrons. The number of hydrogen-bond acceptors (Lipinski definition) is 2. The maximum absolute atomic E-state index is 10.9. The van der Waals surface area contributed by atoms with Crippen LogP contribution < -0.4 is 0 Å². The standard InChI is InChI=1S/C8H2Cl4O2/c9-5-2-3(7(11)13)1-4(6(5)10)8(12)14/h1-2H. The molecule has 1 aromatic rings. The lowest BCUT2D eigenvalue weighted by Gasteiger charge is -2.03. The summed E-state index contributed by atoms with van der Waals surface area (Å²) in [5.41, 5.74) is 0.0369. The highest BCUT2D eigenvalue weighted by molar-refractivity contribution is 6.70. The topological polar surface area (TPSA) is 34.1 Å². The summed E-state index contributed by atoms with van der Waals surface area (Å²) in [7, 11) is 0. The molecule has 1 aromatic carbocycles. The van der Waals surface area contributed by atoms with Gasteiger partial charge < -0.3 is 0 Å². The minimum atomic E-state index is -0.795. The molecule has 0 bridgehead atoms. The zero-order valence-electron chi connectivity index (χ0n) is 6.48. The maximum Gasteiger partial charge on any atom is 0.253 e. The first-order valence-electron chi connectivity index (χ1n) is 3.32. The first kappa shape index (κ1) is 11.8. The van der Waals surface area contributed by atoms with Crippen LogP contribution in [0.25, 0.3) is 0 Å². The molecule has 0 heterocycles. The van der Waals surface area contributed by atoms with Gasteiger partial charge in [-0.25, -0.2) is 0 Å². The smallest absolute Gasteiger partial charge is 0.253 e. The monoisotopic (exact) mass is 270 g/mol. The Labute approximate surface area is 99.7 Å². The Morgan fingerprint density at radius 2 is 1.57 bits per heavy atom. The van der Waals surface area contributed by atoms with Gasteiger partial charge in [0.05, 0.1) is 15.6 Å². The molecular weight excluding hydrogens is 270 g/mol. The third-order valence-electron chi connectivity index (χ3n) is 1.47. The van der Waals surface area contributed by atoms with Gasteiger partial charge in [0.1, 0.15) is 0 Å². The van der Waals surface area contributed by atoms with Gasteiger partial charge in [-0.3, -0.25) is 9.59 Å². The second kappa shape index (κ2) is 4.49. The number of halogens is 4. The van der Waals surface area contributed by atoms with Crippen molar-refractivity contribution in [3.05, 3.63) is 33.3 Å². The molecule has 0 unspecified atom stereocenters. The number of hydrogen-bond donors (Lipinski definition) is 0. The van der Waals surface area contributed by atoms with E-state index in [9.17, 15) is 9.59 Å². The molecular formula is C8H2Cl4O2.